The number of nitrogens with zero attached hydrogens (tertiary/aromatic N) is 1. The molecule has 104 valence electrons. The number of halogens is 1. The molecular formula is C14H18FNO2S. The number of aliphatic carboxylic acids is 1. The highest BCUT2D eigenvalue weighted by Gasteiger charge is 2.25. The van der Waals surface area contributed by atoms with Crippen LogP contribution in [0.2, 0.25) is 0 Å². The molecule has 1 aromatic carbocycles. The van der Waals surface area contributed by atoms with Gasteiger partial charge in [-0.25, -0.2) is 4.39 Å². The SMILES string of the molecule is Cc1cc(CN2CCSCC2CC(=O)O)ccc1F. The van der Waals surface area contributed by atoms with Crippen LogP contribution in [0.3, 0.4) is 0 Å². The van der Waals surface area contributed by atoms with Crippen molar-refractivity contribution in [1.29, 1.82) is 0 Å². The molecule has 5 heteroatoms. The summed E-state index contributed by atoms with van der Waals surface area (Å²) < 4.78 is 13.2. The van der Waals surface area contributed by atoms with Crippen LogP contribution in [0.25, 0.3) is 0 Å². The largest absolute Gasteiger partial charge is 0.481 e. The molecule has 1 heterocycles. The Kier molecular flexibility index (Phi) is 4.82. The minimum absolute atomic E-state index is 0.0709. The van der Waals surface area contributed by atoms with Crippen LogP contribution in [0.1, 0.15) is 17.5 Å². The minimum atomic E-state index is -0.757. The molecule has 0 saturated carbocycles. The summed E-state index contributed by atoms with van der Waals surface area (Å²) in [6.45, 7) is 3.33. The lowest BCUT2D eigenvalue weighted by atomic mass is 10.1. The fourth-order valence-corrected chi connectivity index (χ4v) is 3.46. The van der Waals surface area contributed by atoms with Gasteiger partial charge in [-0.1, -0.05) is 12.1 Å². The van der Waals surface area contributed by atoms with Gasteiger partial charge in [0.2, 0.25) is 0 Å². The van der Waals surface area contributed by atoms with Crippen LogP contribution < -0.4 is 0 Å². The summed E-state index contributed by atoms with van der Waals surface area (Å²) in [4.78, 5) is 13.1. The van der Waals surface area contributed by atoms with E-state index in [1.54, 1.807) is 24.8 Å². The molecule has 1 fully saturated rings. The van der Waals surface area contributed by atoms with E-state index in [4.69, 9.17) is 5.11 Å². The maximum Gasteiger partial charge on any atom is 0.304 e. The third kappa shape index (κ3) is 3.94. The molecule has 19 heavy (non-hydrogen) atoms. The summed E-state index contributed by atoms with van der Waals surface area (Å²) >= 11 is 1.80. The molecule has 1 unspecified atom stereocenters. The van der Waals surface area contributed by atoms with Crippen LogP contribution in [-0.4, -0.2) is 40.1 Å². The molecule has 0 spiro atoms. The predicted molar refractivity (Wildman–Crippen MR) is 74.9 cm³/mol. The van der Waals surface area contributed by atoms with Crippen molar-refractivity contribution >= 4 is 17.7 Å². The molecule has 1 aromatic rings. The molecule has 1 aliphatic heterocycles. The van der Waals surface area contributed by atoms with Crippen LogP contribution in [0.4, 0.5) is 4.39 Å². The molecule has 0 aliphatic carbocycles. The van der Waals surface area contributed by atoms with E-state index in [-0.39, 0.29) is 18.3 Å². The number of benzene rings is 1. The third-order valence-electron chi connectivity index (χ3n) is 3.37. The van der Waals surface area contributed by atoms with Crippen molar-refractivity contribution in [2.24, 2.45) is 0 Å². The van der Waals surface area contributed by atoms with Gasteiger partial charge in [-0.2, -0.15) is 11.8 Å². The van der Waals surface area contributed by atoms with Gasteiger partial charge in [0.25, 0.3) is 0 Å². The topological polar surface area (TPSA) is 40.5 Å². The zero-order valence-corrected chi connectivity index (χ0v) is 11.8. The van der Waals surface area contributed by atoms with E-state index in [2.05, 4.69) is 4.90 Å². The summed E-state index contributed by atoms with van der Waals surface area (Å²) in [7, 11) is 0. The van der Waals surface area contributed by atoms with Crippen molar-refractivity contribution in [2.75, 3.05) is 18.1 Å². The molecule has 0 aromatic heterocycles. The molecule has 1 atom stereocenters. The number of hydrogen-bond donors (Lipinski definition) is 1. The summed E-state index contributed by atoms with van der Waals surface area (Å²) in [5.41, 5.74) is 1.68. The first-order chi connectivity index (χ1) is 9.06. The average Bonchev–Trinajstić information content (AvgIpc) is 2.36. The number of carbonyl (C=O) groups is 1. The molecule has 3 nitrogen and oxygen atoms in total. The lowest BCUT2D eigenvalue weighted by Gasteiger charge is -2.34. The lowest BCUT2D eigenvalue weighted by Crippen LogP contribution is -2.42. The minimum Gasteiger partial charge on any atom is -0.481 e. The first kappa shape index (κ1) is 14.3. The second kappa shape index (κ2) is 6.39. The van der Waals surface area contributed by atoms with Crippen molar-refractivity contribution in [1.82, 2.24) is 4.90 Å². The zero-order chi connectivity index (χ0) is 13.8. The van der Waals surface area contributed by atoms with Crippen molar-refractivity contribution < 1.29 is 14.3 Å². The number of thioether (sulfide) groups is 1. The third-order valence-corrected chi connectivity index (χ3v) is 4.46. The summed E-state index contributed by atoms with van der Waals surface area (Å²) in [6, 6.07) is 5.17. The second-order valence-corrected chi connectivity index (χ2v) is 6.03. The number of aryl methyl sites for hydroxylation is 1. The van der Waals surface area contributed by atoms with Crippen LogP contribution in [0.15, 0.2) is 18.2 Å². The van der Waals surface area contributed by atoms with E-state index in [1.165, 1.54) is 6.07 Å². The van der Waals surface area contributed by atoms with Gasteiger partial charge in [-0.15, -0.1) is 0 Å². The fraction of sp³-hybridized carbons (Fsp3) is 0.500. The Morgan fingerprint density at radius 3 is 3.05 bits per heavy atom. The Morgan fingerprint density at radius 2 is 2.37 bits per heavy atom. The van der Waals surface area contributed by atoms with Gasteiger partial charge in [-0.3, -0.25) is 9.69 Å². The van der Waals surface area contributed by atoms with Crippen molar-refractivity contribution in [3.8, 4) is 0 Å². The normalized spacial score (nSPS) is 20.4. The second-order valence-electron chi connectivity index (χ2n) is 4.88. The molecule has 0 radical (unpaired) electrons. The summed E-state index contributed by atoms with van der Waals surface area (Å²) in [5, 5.41) is 8.94. The Bertz CT molecular complexity index is 467. The maximum atomic E-state index is 13.2. The van der Waals surface area contributed by atoms with E-state index in [1.807, 2.05) is 6.07 Å². The Morgan fingerprint density at radius 1 is 1.58 bits per heavy atom. The van der Waals surface area contributed by atoms with Gasteiger partial charge < -0.3 is 5.11 Å². The highest BCUT2D eigenvalue weighted by atomic mass is 32.2. The van der Waals surface area contributed by atoms with E-state index in [0.717, 1.165) is 23.6 Å². The Hall–Kier alpha value is -1.07. The van der Waals surface area contributed by atoms with Crippen molar-refractivity contribution in [2.45, 2.75) is 25.9 Å². The lowest BCUT2D eigenvalue weighted by molar-refractivity contribution is -0.138. The standard InChI is InChI=1S/C14H18FNO2S/c1-10-6-11(2-3-13(10)15)8-16-4-5-19-9-12(16)7-14(17)18/h2-3,6,12H,4-5,7-9H2,1H3,(H,17,18). The molecule has 2 rings (SSSR count). The monoisotopic (exact) mass is 283 g/mol. The predicted octanol–water partition coefficient (Wildman–Crippen LogP) is 2.53. The Labute approximate surface area is 116 Å². The van der Waals surface area contributed by atoms with Crippen molar-refractivity contribution in [3.63, 3.8) is 0 Å². The zero-order valence-electron chi connectivity index (χ0n) is 10.9. The number of hydrogen-bond acceptors (Lipinski definition) is 3. The highest BCUT2D eigenvalue weighted by molar-refractivity contribution is 7.99. The van der Waals surface area contributed by atoms with Crippen LogP contribution >= 0.6 is 11.8 Å². The van der Waals surface area contributed by atoms with E-state index in [9.17, 15) is 9.18 Å². The van der Waals surface area contributed by atoms with Crippen molar-refractivity contribution in [3.05, 3.63) is 35.1 Å². The molecule has 1 N–H and O–H groups in total. The van der Waals surface area contributed by atoms with Gasteiger partial charge in [0.15, 0.2) is 0 Å². The maximum absolute atomic E-state index is 13.2. The smallest absolute Gasteiger partial charge is 0.304 e. The number of carboxylic acid groups (broad SMARTS) is 1. The Balaban J connectivity index is 2.06. The fourth-order valence-electron chi connectivity index (χ4n) is 2.33. The molecule has 1 saturated heterocycles. The quantitative estimate of drug-likeness (QED) is 0.922. The molecule has 0 amide bonds. The summed E-state index contributed by atoms with van der Waals surface area (Å²) in [6.07, 6.45) is 0.174. The van der Waals surface area contributed by atoms with Crippen LogP contribution in [-0.2, 0) is 11.3 Å². The summed E-state index contributed by atoms with van der Waals surface area (Å²) in [5.74, 6) is 0.927. The first-order valence-corrected chi connectivity index (χ1v) is 7.50. The number of rotatable bonds is 4. The van der Waals surface area contributed by atoms with E-state index < -0.39 is 5.97 Å². The van der Waals surface area contributed by atoms with Crippen LogP contribution in [0.5, 0.6) is 0 Å². The van der Waals surface area contributed by atoms with Gasteiger partial charge in [-0.05, 0) is 24.1 Å². The number of carboxylic acids is 1. The van der Waals surface area contributed by atoms with E-state index in [0.29, 0.717) is 12.1 Å². The van der Waals surface area contributed by atoms with E-state index >= 15 is 0 Å². The van der Waals surface area contributed by atoms with Gasteiger partial charge in [0, 0.05) is 30.6 Å². The average molecular weight is 283 g/mol. The first-order valence-electron chi connectivity index (χ1n) is 6.35. The van der Waals surface area contributed by atoms with Gasteiger partial charge in [0.1, 0.15) is 5.82 Å². The molecule has 1 aliphatic rings. The molecular weight excluding hydrogens is 265 g/mol. The van der Waals surface area contributed by atoms with Crippen LogP contribution in [0, 0.1) is 12.7 Å². The van der Waals surface area contributed by atoms with Gasteiger partial charge in [0.05, 0.1) is 6.42 Å². The molecule has 0 bridgehead atoms. The van der Waals surface area contributed by atoms with Gasteiger partial charge >= 0.3 is 5.97 Å². The highest BCUT2D eigenvalue weighted by Crippen LogP contribution is 2.22.